The second-order valence-electron chi connectivity index (χ2n) is 6.88. The molecule has 1 aromatic heterocycles. The maximum Gasteiger partial charge on any atom is 0.416 e. The second-order valence-corrected chi connectivity index (χ2v) is 6.88. The lowest BCUT2D eigenvalue weighted by atomic mass is 9.87. The van der Waals surface area contributed by atoms with E-state index in [4.69, 9.17) is 4.42 Å². The minimum atomic E-state index is -4.47. The van der Waals surface area contributed by atoms with Crippen LogP contribution in [0.15, 0.2) is 47.1 Å². The number of furan rings is 1. The molecule has 1 fully saturated rings. The monoisotopic (exact) mass is 394 g/mol. The Morgan fingerprint density at radius 1 is 1.21 bits per heavy atom. The van der Waals surface area contributed by atoms with Crippen LogP contribution in [0, 0.1) is 5.92 Å². The summed E-state index contributed by atoms with van der Waals surface area (Å²) in [6.07, 6.45) is -3.10. The summed E-state index contributed by atoms with van der Waals surface area (Å²) in [4.78, 5) is 28.5. The Balaban J connectivity index is 1.94. The molecular weight excluding hydrogens is 373 g/mol. The van der Waals surface area contributed by atoms with E-state index < -0.39 is 23.6 Å². The van der Waals surface area contributed by atoms with Gasteiger partial charge in [-0.1, -0.05) is 18.2 Å². The zero-order valence-corrected chi connectivity index (χ0v) is 15.6. The van der Waals surface area contributed by atoms with Crippen molar-refractivity contribution in [2.45, 2.75) is 19.0 Å². The molecule has 1 aliphatic rings. The minimum Gasteiger partial charge on any atom is -0.459 e. The molecule has 0 bridgehead atoms. The number of rotatable bonds is 4. The quantitative estimate of drug-likeness (QED) is 0.796. The van der Waals surface area contributed by atoms with E-state index in [-0.39, 0.29) is 30.7 Å². The van der Waals surface area contributed by atoms with E-state index in [0.717, 1.165) is 12.1 Å². The molecule has 1 saturated heterocycles. The number of nitrogens with zero attached hydrogens (tertiary/aromatic N) is 2. The Kier molecular flexibility index (Phi) is 5.49. The van der Waals surface area contributed by atoms with Gasteiger partial charge in [-0.25, -0.2) is 0 Å². The van der Waals surface area contributed by atoms with E-state index in [1.165, 1.54) is 28.2 Å². The van der Waals surface area contributed by atoms with Gasteiger partial charge in [0.15, 0.2) is 5.76 Å². The average molecular weight is 394 g/mol. The summed E-state index contributed by atoms with van der Waals surface area (Å²) in [5.74, 6) is -1.58. The molecule has 28 heavy (non-hydrogen) atoms. The maximum atomic E-state index is 13.1. The number of hydrogen-bond acceptors (Lipinski definition) is 3. The molecule has 0 aliphatic carbocycles. The minimum absolute atomic E-state index is 0.129. The number of hydrogen-bond donors (Lipinski definition) is 0. The maximum absolute atomic E-state index is 13.1. The molecular formula is C20H21F3N2O3. The van der Waals surface area contributed by atoms with Gasteiger partial charge in [0.2, 0.25) is 5.91 Å². The molecule has 1 aromatic carbocycles. The molecule has 3 rings (SSSR count). The van der Waals surface area contributed by atoms with Gasteiger partial charge >= 0.3 is 6.18 Å². The molecule has 2 atom stereocenters. The Morgan fingerprint density at radius 3 is 2.57 bits per heavy atom. The number of likely N-dealkylation sites (tertiary alicyclic amines) is 1. The normalized spacial score (nSPS) is 19.7. The van der Waals surface area contributed by atoms with Gasteiger partial charge in [-0.15, -0.1) is 0 Å². The molecule has 0 unspecified atom stereocenters. The zero-order chi connectivity index (χ0) is 20.5. The van der Waals surface area contributed by atoms with Gasteiger partial charge in [0.25, 0.3) is 5.91 Å². The largest absolute Gasteiger partial charge is 0.459 e. The Hall–Kier alpha value is -2.77. The van der Waals surface area contributed by atoms with Crippen molar-refractivity contribution in [1.82, 2.24) is 9.80 Å². The first-order valence-corrected chi connectivity index (χ1v) is 8.97. The van der Waals surface area contributed by atoms with E-state index in [2.05, 4.69) is 0 Å². The molecule has 2 aromatic rings. The first-order valence-electron chi connectivity index (χ1n) is 8.97. The van der Waals surface area contributed by atoms with Crippen LogP contribution in [-0.4, -0.2) is 48.3 Å². The van der Waals surface area contributed by atoms with Crippen molar-refractivity contribution in [3.05, 3.63) is 59.5 Å². The molecule has 2 heterocycles. The summed E-state index contributed by atoms with van der Waals surface area (Å²) in [6, 6.07) is 8.08. The first kappa shape index (κ1) is 20.0. The van der Waals surface area contributed by atoms with Crippen molar-refractivity contribution in [2.75, 3.05) is 26.7 Å². The van der Waals surface area contributed by atoms with Crippen LogP contribution in [-0.2, 0) is 11.0 Å². The van der Waals surface area contributed by atoms with Gasteiger partial charge in [0.05, 0.1) is 17.7 Å². The van der Waals surface area contributed by atoms with Crippen molar-refractivity contribution in [1.29, 1.82) is 0 Å². The summed E-state index contributed by atoms with van der Waals surface area (Å²) in [5.41, 5.74) is -0.372. The van der Waals surface area contributed by atoms with Crippen LogP contribution >= 0.6 is 0 Å². The SMILES string of the molecule is CCN(C)C(=O)[C@H]1CN(C(=O)c2ccco2)C[C@@H]1c1cccc(C(F)(F)F)c1. The first-order chi connectivity index (χ1) is 13.2. The molecule has 1 aliphatic heterocycles. The van der Waals surface area contributed by atoms with Crippen molar-refractivity contribution in [3.63, 3.8) is 0 Å². The summed E-state index contributed by atoms with van der Waals surface area (Å²) in [6.45, 7) is 2.56. The number of carbonyl (C=O) groups is 2. The van der Waals surface area contributed by atoms with Crippen LogP contribution in [0.5, 0.6) is 0 Å². The van der Waals surface area contributed by atoms with E-state index >= 15 is 0 Å². The van der Waals surface area contributed by atoms with Crippen LogP contribution in [0.4, 0.5) is 13.2 Å². The van der Waals surface area contributed by atoms with Crippen LogP contribution < -0.4 is 0 Å². The fourth-order valence-electron chi connectivity index (χ4n) is 3.50. The smallest absolute Gasteiger partial charge is 0.416 e. The predicted molar refractivity (Wildman–Crippen MR) is 95.6 cm³/mol. The molecule has 8 heteroatoms. The highest BCUT2D eigenvalue weighted by atomic mass is 19.4. The van der Waals surface area contributed by atoms with Gasteiger partial charge in [-0.3, -0.25) is 9.59 Å². The third-order valence-corrected chi connectivity index (χ3v) is 5.15. The summed E-state index contributed by atoms with van der Waals surface area (Å²) < 4.78 is 44.5. The molecule has 5 nitrogen and oxygen atoms in total. The summed E-state index contributed by atoms with van der Waals surface area (Å²) in [7, 11) is 1.64. The molecule has 0 N–H and O–H groups in total. The van der Waals surface area contributed by atoms with Gasteiger partial charge in [0, 0.05) is 32.6 Å². The van der Waals surface area contributed by atoms with Crippen LogP contribution in [0.1, 0.15) is 34.5 Å². The lowest BCUT2D eigenvalue weighted by Crippen LogP contribution is -2.36. The molecule has 0 saturated carbocycles. The van der Waals surface area contributed by atoms with E-state index in [9.17, 15) is 22.8 Å². The van der Waals surface area contributed by atoms with E-state index in [1.54, 1.807) is 19.2 Å². The van der Waals surface area contributed by atoms with Gasteiger partial charge in [0.1, 0.15) is 0 Å². The highest BCUT2D eigenvalue weighted by Crippen LogP contribution is 2.37. The average Bonchev–Trinajstić information content (AvgIpc) is 3.35. The standard InChI is InChI=1S/C20H21F3N2O3/c1-3-24(2)18(26)16-12-25(19(27)17-8-5-9-28-17)11-15(16)13-6-4-7-14(10-13)20(21,22)23/h4-10,15-16H,3,11-12H2,1-2H3/t15-,16+/m1/s1. The Labute approximate surface area is 160 Å². The van der Waals surface area contributed by atoms with Crippen LogP contribution in [0.2, 0.25) is 0 Å². The molecule has 0 spiro atoms. The van der Waals surface area contributed by atoms with Crippen molar-refractivity contribution < 1.29 is 27.2 Å². The number of halogens is 3. The second kappa shape index (κ2) is 7.69. The zero-order valence-electron chi connectivity index (χ0n) is 15.6. The van der Waals surface area contributed by atoms with Crippen LogP contribution in [0.25, 0.3) is 0 Å². The molecule has 2 amide bonds. The Bertz CT molecular complexity index is 849. The summed E-state index contributed by atoms with van der Waals surface area (Å²) in [5, 5.41) is 0. The third kappa shape index (κ3) is 3.90. The highest BCUT2D eigenvalue weighted by molar-refractivity contribution is 5.92. The third-order valence-electron chi connectivity index (χ3n) is 5.15. The topological polar surface area (TPSA) is 53.8 Å². The lowest BCUT2D eigenvalue weighted by Gasteiger charge is -2.23. The fraction of sp³-hybridized carbons (Fsp3) is 0.400. The summed E-state index contributed by atoms with van der Waals surface area (Å²) >= 11 is 0. The number of carbonyl (C=O) groups excluding carboxylic acids is 2. The van der Waals surface area contributed by atoms with Gasteiger partial charge in [-0.2, -0.15) is 13.2 Å². The van der Waals surface area contributed by atoms with E-state index in [1.807, 2.05) is 6.92 Å². The number of benzene rings is 1. The number of amides is 2. The predicted octanol–water partition coefficient (Wildman–Crippen LogP) is 3.63. The van der Waals surface area contributed by atoms with Crippen molar-refractivity contribution in [3.8, 4) is 0 Å². The molecule has 0 radical (unpaired) electrons. The fourth-order valence-corrected chi connectivity index (χ4v) is 3.50. The van der Waals surface area contributed by atoms with Crippen molar-refractivity contribution >= 4 is 11.8 Å². The van der Waals surface area contributed by atoms with Crippen LogP contribution in [0.3, 0.4) is 0 Å². The number of alkyl halides is 3. The van der Waals surface area contributed by atoms with Crippen molar-refractivity contribution in [2.24, 2.45) is 5.92 Å². The van der Waals surface area contributed by atoms with Gasteiger partial charge < -0.3 is 14.2 Å². The molecule has 150 valence electrons. The van der Waals surface area contributed by atoms with E-state index in [0.29, 0.717) is 12.1 Å². The Morgan fingerprint density at radius 2 is 1.96 bits per heavy atom. The van der Waals surface area contributed by atoms with Gasteiger partial charge in [-0.05, 0) is 30.7 Å². The lowest BCUT2D eigenvalue weighted by molar-refractivity contribution is -0.137. The highest BCUT2D eigenvalue weighted by Gasteiger charge is 2.42.